The van der Waals surface area contributed by atoms with Crippen molar-refractivity contribution in [2.45, 2.75) is 20.3 Å². The predicted molar refractivity (Wildman–Crippen MR) is 121 cm³/mol. The second-order valence-electron chi connectivity index (χ2n) is 7.19. The number of thiophene rings is 1. The summed E-state index contributed by atoms with van der Waals surface area (Å²) >= 11 is 1.04. The number of rotatable bonds is 4. The van der Waals surface area contributed by atoms with Crippen LogP contribution in [0.25, 0.3) is 21.5 Å². The second kappa shape index (κ2) is 7.82. The van der Waals surface area contributed by atoms with Gasteiger partial charge in [0.05, 0.1) is 16.6 Å². The number of anilines is 3. The van der Waals surface area contributed by atoms with E-state index in [0.29, 0.717) is 10.2 Å². The monoisotopic (exact) mass is 450 g/mol. The number of fused-ring (bicyclic) bond motifs is 1. The number of nitrogens with two attached hydrogens (primary N) is 2. The van der Waals surface area contributed by atoms with Crippen LogP contribution in [0.1, 0.15) is 33.3 Å². The number of nitrogen functional groups attached to an aromatic ring is 2. The van der Waals surface area contributed by atoms with Crippen molar-refractivity contribution in [1.29, 1.82) is 5.26 Å². The van der Waals surface area contributed by atoms with Gasteiger partial charge in [-0.05, 0) is 29.7 Å². The molecule has 4 aromatic rings. The normalized spacial score (nSPS) is 10.9. The number of aryl methyl sites for hydroxylation is 3. The molecule has 0 saturated carbocycles. The number of para-hydroxylation sites is 1. The lowest BCUT2D eigenvalue weighted by Gasteiger charge is -2.12. The van der Waals surface area contributed by atoms with Gasteiger partial charge in [0.15, 0.2) is 7.05 Å². The van der Waals surface area contributed by atoms with Gasteiger partial charge in [0.1, 0.15) is 27.2 Å². The number of aromatic amines is 1. The number of H-pyrrole nitrogens is 1. The molecule has 0 bridgehead atoms. The van der Waals surface area contributed by atoms with E-state index in [9.17, 15) is 14.9 Å². The van der Waals surface area contributed by atoms with Gasteiger partial charge in [0.25, 0.3) is 5.91 Å². The third-order valence-corrected chi connectivity index (χ3v) is 6.34. The fourth-order valence-corrected chi connectivity index (χ4v) is 4.68. The molecular weight excluding hydrogens is 430 g/mol. The van der Waals surface area contributed by atoms with Crippen LogP contribution in [0.2, 0.25) is 0 Å². The zero-order chi connectivity index (χ0) is 23.2. The Morgan fingerprint density at radius 1 is 1.41 bits per heavy atom. The first-order valence-corrected chi connectivity index (χ1v) is 10.5. The average Bonchev–Trinajstić information content (AvgIpc) is 3.27. The lowest BCUT2D eigenvalue weighted by molar-refractivity contribution is -0.730. The topological polar surface area (TPSA) is 168 Å². The minimum absolute atomic E-state index is 0.0244. The summed E-state index contributed by atoms with van der Waals surface area (Å²) in [5.74, 6) is -0.487. The minimum Gasteiger partial charge on any atom is -0.397 e. The van der Waals surface area contributed by atoms with Crippen molar-refractivity contribution in [3.05, 3.63) is 50.2 Å². The lowest BCUT2D eigenvalue weighted by atomic mass is 10.0. The first kappa shape index (κ1) is 21.1. The SMILES string of the molecule is CCc1cccc(C)c1NC(=O)c1sc2nc(N)c(C#N)c(-c3c(=O)o[nH][n+]3C)c2c1N. The molecule has 0 aliphatic carbocycles. The number of nitriles is 1. The number of amides is 1. The van der Waals surface area contributed by atoms with Crippen molar-refractivity contribution in [3.63, 3.8) is 0 Å². The Kier molecular flexibility index (Phi) is 5.15. The van der Waals surface area contributed by atoms with Gasteiger partial charge >= 0.3 is 11.3 Å². The van der Waals surface area contributed by atoms with Crippen molar-refractivity contribution >= 4 is 44.7 Å². The summed E-state index contributed by atoms with van der Waals surface area (Å²) in [5, 5.41) is 15.3. The number of hydrogen-bond acceptors (Lipinski definition) is 8. The van der Waals surface area contributed by atoms with Crippen molar-refractivity contribution in [1.82, 2.24) is 10.3 Å². The fraction of sp³-hybridized carbons (Fsp3) is 0.190. The first-order chi connectivity index (χ1) is 15.3. The van der Waals surface area contributed by atoms with Crippen LogP contribution in [0.5, 0.6) is 0 Å². The maximum Gasteiger partial charge on any atom is 0.435 e. The number of carbonyl (C=O) groups excluding carboxylic acids is 1. The molecule has 0 aliphatic rings. The van der Waals surface area contributed by atoms with Gasteiger partial charge in [-0.2, -0.15) is 5.26 Å². The molecule has 3 aromatic heterocycles. The highest BCUT2D eigenvalue weighted by molar-refractivity contribution is 7.21. The number of nitrogens with zero attached hydrogens (tertiary/aromatic N) is 3. The Morgan fingerprint density at radius 2 is 2.16 bits per heavy atom. The van der Waals surface area contributed by atoms with E-state index in [1.807, 2.05) is 38.1 Å². The smallest absolute Gasteiger partial charge is 0.397 e. The van der Waals surface area contributed by atoms with Crippen LogP contribution in [0.15, 0.2) is 27.5 Å². The van der Waals surface area contributed by atoms with Gasteiger partial charge in [0, 0.05) is 5.69 Å². The number of pyridine rings is 1. The number of benzene rings is 1. The van der Waals surface area contributed by atoms with E-state index in [1.165, 1.54) is 4.68 Å². The molecule has 32 heavy (non-hydrogen) atoms. The Balaban J connectivity index is 1.95. The molecule has 6 N–H and O–H groups in total. The van der Waals surface area contributed by atoms with Crippen LogP contribution in [-0.2, 0) is 13.5 Å². The first-order valence-electron chi connectivity index (χ1n) is 9.67. The van der Waals surface area contributed by atoms with E-state index in [2.05, 4.69) is 15.6 Å². The minimum atomic E-state index is -0.708. The Bertz CT molecular complexity index is 1490. The molecule has 11 heteroatoms. The highest BCUT2D eigenvalue weighted by Crippen LogP contribution is 2.41. The van der Waals surface area contributed by atoms with Crippen molar-refractivity contribution < 1.29 is 14.0 Å². The number of nitrogens with one attached hydrogen (secondary N) is 2. The van der Waals surface area contributed by atoms with E-state index in [-0.39, 0.29) is 33.2 Å². The molecule has 4 rings (SSSR count). The highest BCUT2D eigenvalue weighted by Gasteiger charge is 2.32. The van der Waals surface area contributed by atoms with Gasteiger partial charge < -0.3 is 16.8 Å². The number of hydrogen-bond donors (Lipinski definition) is 4. The van der Waals surface area contributed by atoms with Crippen molar-refractivity contribution in [2.24, 2.45) is 7.05 Å². The standard InChI is InChI=1S/C21H19N7O3S/c1-4-10-7-5-6-9(2)15(10)25-19(29)17-14(23)13-12(16-21(30)31-27-28(16)3)11(8-22)18(24)26-20(13)32-17/h5-7H,4H2,1-3H3,(H5-,23,24,25,26,27,29,30)/p+1. The molecule has 162 valence electrons. The zero-order valence-electron chi connectivity index (χ0n) is 17.6. The average molecular weight is 451 g/mol. The van der Waals surface area contributed by atoms with Gasteiger partial charge in [0.2, 0.25) is 0 Å². The van der Waals surface area contributed by atoms with Crippen molar-refractivity contribution in [3.8, 4) is 17.3 Å². The quantitative estimate of drug-likeness (QED) is 0.346. The highest BCUT2D eigenvalue weighted by atomic mass is 32.1. The molecule has 10 nitrogen and oxygen atoms in total. The van der Waals surface area contributed by atoms with Crippen molar-refractivity contribution in [2.75, 3.05) is 16.8 Å². The van der Waals surface area contributed by atoms with Crippen LogP contribution >= 0.6 is 11.3 Å². The van der Waals surface area contributed by atoms with Crippen LogP contribution < -0.4 is 27.1 Å². The van der Waals surface area contributed by atoms with Gasteiger partial charge in [-0.1, -0.05) is 29.8 Å². The predicted octanol–water partition coefficient (Wildman–Crippen LogP) is 2.23. The van der Waals surface area contributed by atoms with Gasteiger partial charge in [-0.15, -0.1) is 11.3 Å². The summed E-state index contributed by atoms with van der Waals surface area (Å²) < 4.78 is 6.16. The lowest BCUT2D eigenvalue weighted by Crippen LogP contribution is -2.34. The zero-order valence-corrected chi connectivity index (χ0v) is 18.4. The fourth-order valence-electron chi connectivity index (χ4n) is 3.67. The summed E-state index contributed by atoms with van der Waals surface area (Å²) in [6, 6.07) is 7.77. The molecular formula is C21H20N7O3S+. The third kappa shape index (κ3) is 3.17. The van der Waals surface area contributed by atoms with E-state index >= 15 is 0 Å². The molecule has 0 unspecified atom stereocenters. The molecule has 0 radical (unpaired) electrons. The third-order valence-electron chi connectivity index (χ3n) is 5.24. The Morgan fingerprint density at radius 3 is 2.78 bits per heavy atom. The maximum atomic E-state index is 13.2. The Hall–Kier alpha value is -4.17. The molecule has 0 aliphatic heterocycles. The molecule has 1 amide bonds. The van der Waals surface area contributed by atoms with Crippen LogP contribution in [0.3, 0.4) is 0 Å². The summed E-state index contributed by atoms with van der Waals surface area (Å²) in [7, 11) is 1.55. The summed E-state index contributed by atoms with van der Waals surface area (Å²) in [6.07, 6.45) is 0.743. The molecule has 0 spiro atoms. The molecule has 0 fully saturated rings. The summed E-state index contributed by atoms with van der Waals surface area (Å²) in [4.78, 5) is 30.4. The largest absolute Gasteiger partial charge is 0.435 e. The number of aromatic nitrogens is 3. The summed E-state index contributed by atoms with van der Waals surface area (Å²) in [6.45, 7) is 3.91. The van der Waals surface area contributed by atoms with E-state index in [4.69, 9.17) is 16.0 Å². The van der Waals surface area contributed by atoms with E-state index < -0.39 is 11.5 Å². The second-order valence-corrected chi connectivity index (χ2v) is 8.19. The Labute approximate surface area is 186 Å². The van der Waals surface area contributed by atoms with Gasteiger partial charge in [-0.3, -0.25) is 9.32 Å². The maximum absolute atomic E-state index is 13.2. The van der Waals surface area contributed by atoms with Gasteiger partial charge in [-0.25, -0.2) is 9.78 Å². The van der Waals surface area contributed by atoms with Crippen LogP contribution in [0.4, 0.5) is 17.2 Å². The molecule has 0 saturated heterocycles. The molecule has 1 aromatic carbocycles. The van der Waals surface area contributed by atoms with E-state index in [0.717, 1.165) is 34.6 Å². The number of carbonyl (C=O) groups is 1. The molecule has 0 atom stereocenters. The molecule has 3 heterocycles. The summed E-state index contributed by atoms with van der Waals surface area (Å²) in [5.41, 5.74) is 14.6. The van der Waals surface area contributed by atoms with E-state index in [1.54, 1.807) is 7.05 Å². The van der Waals surface area contributed by atoms with Crippen LogP contribution in [0, 0.1) is 18.3 Å². The van der Waals surface area contributed by atoms with Crippen LogP contribution in [-0.4, -0.2) is 16.2 Å².